The average Bonchev–Trinajstić information content (AvgIpc) is 2.77. The third kappa shape index (κ3) is 6.70. The molecule has 1 unspecified atom stereocenters. The molecule has 3 rings (SSSR count). The molecule has 170 valence electrons. The van der Waals surface area contributed by atoms with Crippen LogP contribution in [-0.2, 0) is 0 Å². The molecule has 1 aliphatic heterocycles. The van der Waals surface area contributed by atoms with E-state index in [-0.39, 0.29) is 20.3 Å². The van der Waals surface area contributed by atoms with Crippen LogP contribution in [0.15, 0.2) is 12.1 Å². The normalized spacial score (nSPS) is 23.9. The third-order valence-corrected chi connectivity index (χ3v) is 11.2. The highest BCUT2D eigenvalue weighted by atomic mass is 28.3. The summed E-state index contributed by atoms with van der Waals surface area (Å²) in [4.78, 5) is 0. The first kappa shape index (κ1) is 23.6. The van der Waals surface area contributed by atoms with Crippen LogP contribution in [-0.4, -0.2) is 22.0 Å². The molecule has 1 heterocycles. The monoisotopic (exact) mass is 438 g/mol. The van der Waals surface area contributed by atoms with Crippen molar-refractivity contribution in [3.63, 3.8) is 0 Å². The fourth-order valence-electron chi connectivity index (χ4n) is 5.46. The standard InChI is InChI=1S/C25H40F2O2Si/c1-3-28-22-13-14-23(25(27)24(22)26)29-18-20-9-11-21(12-10-20)19(2)8-7-17-30-15-5-4-6-16-30/h13-14,19-21,30H,3-12,15-18H2,1-2H3. The van der Waals surface area contributed by atoms with Crippen LogP contribution in [0, 0.1) is 29.4 Å². The Kier molecular flexibility index (Phi) is 9.48. The molecule has 0 aromatic heterocycles. The van der Waals surface area contributed by atoms with Gasteiger partial charge in [-0.3, -0.25) is 0 Å². The second-order valence-corrected chi connectivity index (χ2v) is 13.1. The van der Waals surface area contributed by atoms with Crippen molar-refractivity contribution in [2.24, 2.45) is 17.8 Å². The Bertz CT molecular complexity index is 640. The second-order valence-electron chi connectivity index (χ2n) is 9.63. The van der Waals surface area contributed by atoms with E-state index in [2.05, 4.69) is 6.92 Å². The Morgan fingerprint density at radius 1 is 0.967 bits per heavy atom. The van der Waals surface area contributed by atoms with Crippen LogP contribution in [0.4, 0.5) is 8.78 Å². The van der Waals surface area contributed by atoms with Crippen LogP contribution < -0.4 is 9.47 Å². The van der Waals surface area contributed by atoms with Gasteiger partial charge in [0, 0.05) is 8.80 Å². The van der Waals surface area contributed by atoms with Gasteiger partial charge in [-0.1, -0.05) is 57.2 Å². The van der Waals surface area contributed by atoms with Gasteiger partial charge in [-0.05, 0) is 62.5 Å². The number of rotatable bonds is 10. The lowest BCUT2D eigenvalue weighted by Crippen LogP contribution is -2.24. The molecule has 1 atom stereocenters. The molecule has 1 aromatic carbocycles. The number of halogens is 2. The van der Waals surface area contributed by atoms with Gasteiger partial charge >= 0.3 is 0 Å². The Hall–Kier alpha value is -1.10. The molecule has 2 nitrogen and oxygen atoms in total. The van der Waals surface area contributed by atoms with E-state index in [1.165, 1.54) is 57.1 Å². The van der Waals surface area contributed by atoms with Crippen LogP contribution in [0.5, 0.6) is 11.5 Å². The predicted molar refractivity (Wildman–Crippen MR) is 122 cm³/mol. The maximum absolute atomic E-state index is 14.2. The molecule has 1 saturated heterocycles. The summed E-state index contributed by atoms with van der Waals surface area (Å²) >= 11 is 0. The van der Waals surface area contributed by atoms with Crippen molar-refractivity contribution in [3.05, 3.63) is 23.8 Å². The molecule has 0 amide bonds. The first-order chi connectivity index (χ1) is 14.6. The highest BCUT2D eigenvalue weighted by Gasteiger charge is 2.26. The third-order valence-electron chi connectivity index (χ3n) is 7.48. The minimum atomic E-state index is -0.955. The summed E-state index contributed by atoms with van der Waals surface area (Å²) in [5, 5.41) is 0. The topological polar surface area (TPSA) is 18.5 Å². The zero-order chi connectivity index (χ0) is 21.3. The lowest BCUT2D eigenvalue weighted by molar-refractivity contribution is 0.151. The quantitative estimate of drug-likeness (QED) is 0.355. The molecule has 1 aromatic rings. The molecule has 0 spiro atoms. The molecule has 0 radical (unpaired) electrons. The molecule has 2 aliphatic rings. The van der Waals surface area contributed by atoms with Gasteiger partial charge in [-0.25, -0.2) is 0 Å². The van der Waals surface area contributed by atoms with Crippen molar-refractivity contribution in [3.8, 4) is 11.5 Å². The van der Waals surface area contributed by atoms with E-state index in [1.54, 1.807) is 25.1 Å². The van der Waals surface area contributed by atoms with Crippen LogP contribution in [0.1, 0.15) is 71.6 Å². The highest BCUT2D eigenvalue weighted by Crippen LogP contribution is 2.36. The Morgan fingerprint density at radius 3 is 2.23 bits per heavy atom. The van der Waals surface area contributed by atoms with Crippen LogP contribution >= 0.6 is 0 Å². The van der Waals surface area contributed by atoms with E-state index in [9.17, 15) is 8.78 Å². The minimum absolute atomic E-state index is 0.00155. The molecule has 1 aliphatic carbocycles. The second kappa shape index (κ2) is 12.1. The summed E-state index contributed by atoms with van der Waals surface area (Å²) in [5.41, 5.74) is 0. The molecule has 0 N–H and O–H groups in total. The summed E-state index contributed by atoms with van der Waals surface area (Å²) in [6, 6.07) is 7.69. The van der Waals surface area contributed by atoms with Gasteiger partial charge < -0.3 is 9.47 Å². The summed E-state index contributed by atoms with van der Waals surface area (Å²) in [6.07, 6.45) is 12.1. The van der Waals surface area contributed by atoms with E-state index in [0.717, 1.165) is 24.7 Å². The van der Waals surface area contributed by atoms with Gasteiger partial charge in [0.25, 0.3) is 0 Å². The van der Waals surface area contributed by atoms with Crippen molar-refractivity contribution in [2.45, 2.75) is 89.8 Å². The first-order valence-electron chi connectivity index (χ1n) is 12.3. The van der Waals surface area contributed by atoms with E-state index < -0.39 is 11.6 Å². The average molecular weight is 439 g/mol. The predicted octanol–water partition coefficient (Wildman–Crippen LogP) is 7.38. The molecule has 5 heteroatoms. The maximum atomic E-state index is 14.2. The highest BCUT2D eigenvalue weighted by molar-refractivity contribution is 6.58. The van der Waals surface area contributed by atoms with Gasteiger partial charge in [0.05, 0.1) is 13.2 Å². The van der Waals surface area contributed by atoms with Gasteiger partial charge in [0.15, 0.2) is 11.5 Å². The van der Waals surface area contributed by atoms with E-state index >= 15 is 0 Å². The fraction of sp³-hybridized carbons (Fsp3) is 0.760. The van der Waals surface area contributed by atoms with Gasteiger partial charge in [-0.2, -0.15) is 8.78 Å². The largest absolute Gasteiger partial charge is 0.491 e. The SMILES string of the molecule is CCOc1ccc(OCC2CCC(C(C)CCC[SiH]3CCCCC3)CC2)c(F)c1F. The lowest BCUT2D eigenvalue weighted by Gasteiger charge is -2.32. The maximum Gasteiger partial charge on any atom is 0.204 e. The Balaban J connectivity index is 1.35. The summed E-state index contributed by atoms with van der Waals surface area (Å²) in [7, 11) is -0.374. The zero-order valence-electron chi connectivity index (χ0n) is 18.9. The lowest BCUT2D eigenvalue weighted by atomic mass is 9.75. The fourth-order valence-corrected chi connectivity index (χ4v) is 8.88. The Labute approximate surface area is 183 Å². The van der Waals surface area contributed by atoms with Crippen molar-refractivity contribution < 1.29 is 18.3 Å². The van der Waals surface area contributed by atoms with Crippen molar-refractivity contribution >= 4 is 8.80 Å². The van der Waals surface area contributed by atoms with Crippen molar-refractivity contribution in [1.29, 1.82) is 0 Å². The van der Waals surface area contributed by atoms with Crippen LogP contribution in [0.3, 0.4) is 0 Å². The van der Waals surface area contributed by atoms with Crippen molar-refractivity contribution in [1.82, 2.24) is 0 Å². The van der Waals surface area contributed by atoms with Crippen LogP contribution in [0.25, 0.3) is 0 Å². The summed E-state index contributed by atoms with van der Waals surface area (Å²) < 4.78 is 38.9. The molecule has 2 fully saturated rings. The molecular formula is C25H40F2O2Si. The number of hydrogen-bond acceptors (Lipinski definition) is 2. The number of benzene rings is 1. The van der Waals surface area contributed by atoms with Gasteiger partial charge in [-0.15, -0.1) is 0 Å². The summed E-state index contributed by atoms with van der Waals surface area (Å²) in [6.45, 7) is 4.97. The van der Waals surface area contributed by atoms with Crippen LogP contribution in [0.2, 0.25) is 18.1 Å². The first-order valence-corrected chi connectivity index (χ1v) is 14.8. The van der Waals surface area contributed by atoms with Gasteiger partial charge in [0.1, 0.15) is 0 Å². The van der Waals surface area contributed by atoms with E-state index in [4.69, 9.17) is 9.47 Å². The number of hydrogen-bond donors (Lipinski definition) is 0. The molecule has 1 saturated carbocycles. The molecule has 30 heavy (non-hydrogen) atoms. The summed E-state index contributed by atoms with van der Waals surface area (Å²) in [5.74, 6) is 0.141. The number of ether oxygens (including phenoxy) is 2. The van der Waals surface area contributed by atoms with E-state index in [0.29, 0.717) is 19.1 Å². The minimum Gasteiger partial charge on any atom is -0.491 e. The van der Waals surface area contributed by atoms with Gasteiger partial charge in [0.2, 0.25) is 11.6 Å². The van der Waals surface area contributed by atoms with E-state index in [1.807, 2.05) is 0 Å². The zero-order valence-corrected chi connectivity index (χ0v) is 20.1. The molecular weight excluding hydrogens is 398 g/mol. The Morgan fingerprint density at radius 2 is 1.60 bits per heavy atom. The van der Waals surface area contributed by atoms with Crippen molar-refractivity contribution in [2.75, 3.05) is 13.2 Å². The molecule has 0 bridgehead atoms. The smallest absolute Gasteiger partial charge is 0.204 e.